The van der Waals surface area contributed by atoms with Crippen molar-refractivity contribution in [2.24, 2.45) is 11.8 Å². The SMILES string of the molecule is CC1CCC(CO)(Nc2ccccc2Cl)C(C)C1. The third kappa shape index (κ3) is 2.65. The fraction of sp³-hybridized carbons (Fsp3) is 0.600. The Morgan fingerprint density at radius 3 is 2.72 bits per heavy atom. The average molecular weight is 268 g/mol. The predicted molar refractivity (Wildman–Crippen MR) is 77.1 cm³/mol. The lowest BCUT2D eigenvalue weighted by Gasteiger charge is -2.45. The second kappa shape index (κ2) is 5.50. The fourth-order valence-corrected chi connectivity index (χ4v) is 3.17. The van der Waals surface area contributed by atoms with Crippen LogP contribution in [0.3, 0.4) is 0 Å². The minimum Gasteiger partial charge on any atom is -0.394 e. The number of benzene rings is 1. The highest BCUT2D eigenvalue weighted by Crippen LogP contribution is 2.39. The summed E-state index contributed by atoms with van der Waals surface area (Å²) in [4.78, 5) is 0. The van der Waals surface area contributed by atoms with E-state index in [1.165, 1.54) is 0 Å². The van der Waals surface area contributed by atoms with E-state index in [1.807, 2.05) is 24.3 Å². The van der Waals surface area contributed by atoms with Crippen molar-refractivity contribution in [3.63, 3.8) is 0 Å². The molecule has 1 aliphatic rings. The molecule has 3 heteroatoms. The maximum atomic E-state index is 9.84. The maximum Gasteiger partial charge on any atom is 0.0664 e. The number of hydrogen-bond donors (Lipinski definition) is 2. The highest BCUT2D eigenvalue weighted by Gasteiger charge is 2.39. The van der Waals surface area contributed by atoms with Gasteiger partial charge in [-0.3, -0.25) is 0 Å². The zero-order valence-electron chi connectivity index (χ0n) is 11.1. The van der Waals surface area contributed by atoms with Gasteiger partial charge in [0.1, 0.15) is 0 Å². The molecule has 1 saturated carbocycles. The minimum atomic E-state index is -0.225. The molecule has 0 spiro atoms. The van der Waals surface area contributed by atoms with Gasteiger partial charge in [0.25, 0.3) is 0 Å². The quantitative estimate of drug-likeness (QED) is 0.869. The van der Waals surface area contributed by atoms with Crippen LogP contribution in [0.25, 0.3) is 0 Å². The highest BCUT2D eigenvalue weighted by atomic mass is 35.5. The molecule has 0 bridgehead atoms. The Morgan fingerprint density at radius 1 is 1.39 bits per heavy atom. The van der Waals surface area contributed by atoms with Crippen LogP contribution in [-0.2, 0) is 0 Å². The Labute approximate surface area is 114 Å². The topological polar surface area (TPSA) is 32.3 Å². The average Bonchev–Trinajstić information content (AvgIpc) is 2.36. The second-order valence-electron chi connectivity index (χ2n) is 5.70. The molecule has 0 heterocycles. The van der Waals surface area contributed by atoms with Crippen molar-refractivity contribution in [1.29, 1.82) is 0 Å². The lowest BCUT2D eigenvalue weighted by atomic mass is 9.70. The van der Waals surface area contributed by atoms with E-state index in [2.05, 4.69) is 19.2 Å². The van der Waals surface area contributed by atoms with Gasteiger partial charge in [-0.15, -0.1) is 0 Å². The van der Waals surface area contributed by atoms with Crippen molar-refractivity contribution in [2.75, 3.05) is 11.9 Å². The molecule has 0 amide bonds. The normalized spacial score (nSPS) is 32.2. The Morgan fingerprint density at radius 2 is 2.11 bits per heavy atom. The maximum absolute atomic E-state index is 9.84. The van der Waals surface area contributed by atoms with Crippen molar-refractivity contribution >= 4 is 17.3 Å². The first-order chi connectivity index (χ1) is 8.57. The van der Waals surface area contributed by atoms with Gasteiger partial charge < -0.3 is 10.4 Å². The predicted octanol–water partition coefficient (Wildman–Crippen LogP) is 3.94. The van der Waals surface area contributed by atoms with Gasteiger partial charge in [-0.25, -0.2) is 0 Å². The van der Waals surface area contributed by atoms with Gasteiger partial charge in [-0.1, -0.05) is 37.6 Å². The first-order valence-electron chi connectivity index (χ1n) is 6.71. The summed E-state index contributed by atoms with van der Waals surface area (Å²) in [7, 11) is 0. The first kappa shape index (κ1) is 13.7. The van der Waals surface area contributed by atoms with Crippen LogP contribution in [0, 0.1) is 11.8 Å². The van der Waals surface area contributed by atoms with Crippen molar-refractivity contribution < 1.29 is 5.11 Å². The molecule has 3 atom stereocenters. The van der Waals surface area contributed by atoms with Crippen LogP contribution in [0.15, 0.2) is 24.3 Å². The monoisotopic (exact) mass is 267 g/mol. The van der Waals surface area contributed by atoms with Gasteiger partial charge >= 0.3 is 0 Å². The van der Waals surface area contributed by atoms with Crippen molar-refractivity contribution in [3.05, 3.63) is 29.3 Å². The molecular formula is C15H22ClNO. The number of hydrogen-bond acceptors (Lipinski definition) is 2. The van der Waals surface area contributed by atoms with Crippen molar-refractivity contribution in [3.8, 4) is 0 Å². The summed E-state index contributed by atoms with van der Waals surface area (Å²) in [6.45, 7) is 4.66. The van der Waals surface area contributed by atoms with Gasteiger partial charge in [0, 0.05) is 0 Å². The molecule has 1 aromatic carbocycles. The highest BCUT2D eigenvalue weighted by molar-refractivity contribution is 6.33. The molecule has 2 nitrogen and oxygen atoms in total. The molecule has 0 saturated heterocycles. The smallest absolute Gasteiger partial charge is 0.0664 e. The lowest BCUT2D eigenvalue weighted by molar-refractivity contribution is 0.106. The summed E-state index contributed by atoms with van der Waals surface area (Å²) in [5.74, 6) is 1.19. The largest absolute Gasteiger partial charge is 0.394 e. The number of aliphatic hydroxyl groups excluding tert-OH is 1. The molecule has 0 radical (unpaired) electrons. The van der Waals surface area contributed by atoms with Gasteiger partial charge in [0.15, 0.2) is 0 Å². The zero-order chi connectivity index (χ0) is 13.2. The Kier molecular flexibility index (Phi) is 4.18. The number of halogens is 1. The summed E-state index contributed by atoms with van der Waals surface area (Å²) in [5, 5.41) is 14.1. The van der Waals surface area contributed by atoms with Gasteiger partial charge in [-0.2, -0.15) is 0 Å². The molecule has 100 valence electrons. The van der Waals surface area contributed by atoms with Crippen LogP contribution in [0.4, 0.5) is 5.69 Å². The summed E-state index contributed by atoms with van der Waals surface area (Å²) < 4.78 is 0. The molecular weight excluding hydrogens is 246 g/mol. The third-order valence-corrected chi connectivity index (χ3v) is 4.65. The van der Waals surface area contributed by atoms with Gasteiger partial charge in [0.2, 0.25) is 0 Å². The number of para-hydroxylation sites is 1. The number of aliphatic hydroxyl groups is 1. The van der Waals surface area contributed by atoms with Gasteiger partial charge in [0.05, 0.1) is 22.9 Å². The van der Waals surface area contributed by atoms with Crippen LogP contribution in [0.5, 0.6) is 0 Å². The Hall–Kier alpha value is -0.730. The standard InChI is InChI=1S/C15H22ClNO/c1-11-7-8-15(10-18,12(2)9-11)17-14-6-4-3-5-13(14)16/h3-6,11-12,17-18H,7-10H2,1-2H3. The molecule has 1 aromatic rings. The van der Waals surface area contributed by atoms with Crippen LogP contribution >= 0.6 is 11.6 Å². The van der Waals surface area contributed by atoms with E-state index in [0.29, 0.717) is 5.92 Å². The first-order valence-corrected chi connectivity index (χ1v) is 7.09. The van der Waals surface area contributed by atoms with Crippen molar-refractivity contribution in [1.82, 2.24) is 0 Å². The Bertz CT molecular complexity index is 409. The van der Waals surface area contributed by atoms with Crippen LogP contribution in [0.1, 0.15) is 33.1 Å². The zero-order valence-corrected chi connectivity index (χ0v) is 11.9. The molecule has 2 rings (SSSR count). The number of nitrogens with one attached hydrogen (secondary N) is 1. The second-order valence-corrected chi connectivity index (χ2v) is 6.11. The molecule has 3 unspecified atom stereocenters. The van der Waals surface area contributed by atoms with E-state index < -0.39 is 0 Å². The molecule has 0 aliphatic heterocycles. The molecule has 0 aromatic heterocycles. The van der Waals surface area contributed by atoms with E-state index in [4.69, 9.17) is 11.6 Å². The Balaban J connectivity index is 2.21. The number of rotatable bonds is 3. The van der Waals surface area contributed by atoms with Crippen molar-refractivity contribution in [2.45, 2.75) is 38.6 Å². The van der Waals surface area contributed by atoms with E-state index in [-0.39, 0.29) is 12.1 Å². The van der Waals surface area contributed by atoms with Crippen LogP contribution in [-0.4, -0.2) is 17.3 Å². The summed E-state index contributed by atoms with van der Waals surface area (Å²) in [6, 6.07) is 7.75. The summed E-state index contributed by atoms with van der Waals surface area (Å²) in [5.41, 5.74) is 0.701. The molecule has 2 N–H and O–H groups in total. The molecule has 18 heavy (non-hydrogen) atoms. The fourth-order valence-electron chi connectivity index (χ4n) is 2.99. The van der Waals surface area contributed by atoms with E-state index in [9.17, 15) is 5.11 Å². The van der Waals surface area contributed by atoms with E-state index >= 15 is 0 Å². The van der Waals surface area contributed by atoms with Gasteiger partial charge in [-0.05, 0) is 43.2 Å². The van der Waals surface area contributed by atoms with E-state index in [1.54, 1.807) is 0 Å². The minimum absolute atomic E-state index is 0.159. The third-order valence-electron chi connectivity index (χ3n) is 4.32. The van der Waals surface area contributed by atoms with Crippen LogP contribution in [0.2, 0.25) is 5.02 Å². The molecule has 1 fully saturated rings. The lowest BCUT2D eigenvalue weighted by Crippen LogP contribution is -2.51. The summed E-state index contributed by atoms with van der Waals surface area (Å²) in [6.07, 6.45) is 3.30. The number of anilines is 1. The molecule has 1 aliphatic carbocycles. The van der Waals surface area contributed by atoms with Crippen LogP contribution < -0.4 is 5.32 Å². The van der Waals surface area contributed by atoms with E-state index in [0.717, 1.165) is 35.9 Å². The summed E-state index contributed by atoms with van der Waals surface area (Å²) >= 11 is 6.19.